The fourth-order valence-corrected chi connectivity index (χ4v) is 5.21. The first kappa shape index (κ1) is 23.9. The van der Waals surface area contributed by atoms with Gasteiger partial charge in [-0.3, -0.25) is 9.69 Å². The maximum Gasteiger partial charge on any atom is 0.230 e. The van der Waals surface area contributed by atoms with Gasteiger partial charge in [0.25, 0.3) is 0 Å². The van der Waals surface area contributed by atoms with Gasteiger partial charge in [0.1, 0.15) is 5.75 Å². The normalized spacial score (nSPS) is 10.9. The van der Waals surface area contributed by atoms with Crippen LogP contribution >= 0.6 is 23.1 Å². The lowest BCUT2D eigenvalue weighted by molar-refractivity contribution is -0.115. The van der Waals surface area contributed by atoms with E-state index >= 15 is 0 Å². The van der Waals surface area contributed by atoms with Crippen LogP contribution in [-0.4, -0.2) is 38.2 Å². The Morgan fingerprint density at radius 2 is 1.97 bits per heavy atom. The molecule has 0 bridgehead atoms. The summed E-state index contributed by atoms with van der Waals surface area (Å²) in [4.78, 5) is 18.7. The molecule has 4 rings (SSSR count). The van der Waals surface area contributed by atoms with Crippen molar-refractivity contribution in [2.45, 2.75) is 44.0 Å². The number of methoxy groups -OCH3 is 1. The summed E-state index contributed by atoms with van der Waals surface area (Å²) in [6.45, 7) is 3.71. The predicted octanol–water partition coefficient (Wildman–Crippen LogP) is 5.45. The average molecular weight is 495 g/mol. The number of nitrogens with zero attached hydrogens (tertiary/aromatic N) is 6. The molecule has 10 heteroatoms. The van der Waals surface area contributed by atoms with Gasteiger partial charge in [0.15, 0.2) is 5.13 Å². The summed E-state index contributed by atoms with van der Waals surface area (Å²) in [6, 6.07) is 15.8. The van der Waals surface area contributed by atoms with Crippen molar-refractivity contribution >= 4 is 39.8 Å². The molecule has 2 aromatic heterocycles. The highest BCUT2D eigenvalue weighted by atomic mass is 32.2. The number of rotatable bonds is 10. The van der Waals surface area contributed by atoms with Crippen LogP contribution in [0.1, 0.15) is 37.9 Å². The van der Waals surface area contributed by atoms with E-state index in [0.29, 0.717) is 27.5 Å². The number of hydrogen-bond donors (Lipinski definition) is 0. The van der Waals surface area contributed by atoms with Crippen LogP contribution in [0.25, 0.3) is 5.69 Å². The van der Waals surface area contributed by atoms with Gasteiger partial charge in [0.2, 0.25) is 11.1 Å². The monoisotopic (exact) mass is 494 g/mol. The lowest BCUT2D eigenvalue weighted by Gasteiger charge is -2.20. The van der Waals surface area contributed by atoms with Gasteiger partial charge in [0.05, 0.1) is 24.2 Å². The molecular weight excluding hydrogens is 468 g/mol. The number of aryl methyl sites for hydroxylation is 1. The summed E-state index contributed by atoms with van der Waals surface area (Å²) in [7, 11) is 1.59. The number of aromatic nitrogens is 5. The highest BCUT2D eigenvalue weighted by Gasteiger charge is 2.21. The molecule has 4 aromatic rings. The fraction of sp³-hybridized carbons (Fsp3) is 0.292. The number of ether oxygens (including phenoxy) is 1. The number of anilines is 2. The molecule has 0 aliphatic heterocycles. The number of hydrogen-bond acceptors (Lipinski definition) is 8. The zero-order chi connectivity index (χ0) is 23.9. The van der Waals surface area contributed by atoms with Gasteiger partial charge in [0, 0.05) is 18.1 Å². The summed E-state index contributed by atoms with van der Waals surface area (Å²) < 4.78 is 7.17. The topological polar surface area (TPSA) is 86.0 Å². The van der Waals surface area contributed by atoms with Crippen LogP contribution in [0.4, 0.5) is 10.8 Å². The number of unbranched alkanes of at least 4 members (excludes halogenated alkanes) is 1. The molecule has 176 valence electrons. The second-order valence-corrected chi connectivity index (χ2v) is 9.36. The van der Waals surface area contributed by atoms with Crippen LogP contribution in [0.2, 0.25) is 0 Å². The Kier molecular flexibility index (Phi) is 7.91. The Bertz CT molecular complexity index is 1240. The molecule has 0 aliphatic rings. The molecule has 1 amide bonds. The SMILES string of the molecule is CCCCc1ccc(-n2nnnc2SCc2csc(N(C(C)=O)c3ccccc3OC)n2)cc1. The minimum Gasteiger partial charge on any atom is -0.495 e. The van der Waals surface area contributed by atoms with Crippen LogP contribution in [-0.2, 0) is 17.0 Å². The molecule has 0 saturated heterocycles. The fourth-order valence-electron chi connectivity index (χ4n) is 3.44. The third-order valence-electron chi connectivity index (χ3n) is 5.16. The molecule has 8 nitrogen and oxygen atoms in total. The summed E-state index contributed by atoms with van der Waals surface area (Å²) in [5.74, 6) is 1.05. The number of para-hydroxylation sites is 2. The first-order valence-corrected chi connectivity index (χ1v) is 12.9. The third kappa shape index (κ3) is 5.45. The van der Waals surface area contributed by atoms with Crippen LogP contribution in [0.5, 0.6) is 5.75 Å². The molecule has 0 aliphatic carbocycles. The second-order valence-electron chi connectivity index (χ2n) is 7.58. The molecule has 0 fully saturated rings. The molecule has 0 atom stereocenters. The van der Waals surface area contributed by atoms with E-state index in [1.165, 1.54) is 48.4 Å². The zero-order valence-electron chi connectivity index (χ0n) is 19.3. The zero-order valence-corrected chi connectivity index (χ0v) is 21.0. The smallest absolute Gasteiger partial charge is 0.230 e. The Morgan fingerprint density at radius 1 is 1.18 bits per heavy atom. The van der Waals surface area contributed by atoms with Crippen LogP contribution in [0.3, 0.4) is 0 Å². The van der Waals surface area contributed by atoms with Crippen LogP contribution in [0, 0.1) is 0 Å². The van der Waals surface area contributed by atoms with Crippen molar-refractivity contribution in [1.29, 1.82) is 0 Å². The average Bonchev–Trinajstić information content (AvgIpc) is 3.52. The maximum absolute atomic E-state index is 12.5. The second kappa shape index (κ2) is 11.3. The molecule has 0 unspecified atom stereocenters. The standard InChI is InChI=1S/C24H26N6O2S2/c1-4-5-8-18-11-13-20(14-12-18)30-24(26-27-28-30)34-16-19-15-33-23(25-19)29(17(2)31)21-9-6-7-10-22(21)32-3/h6-7,9-15H,4-5,8,16H2,1-3H3. The largest absolute Gasteiger partial charge is 0.495 e. The summed E-state index contributed by atoms with van der Waals surface area (Å²) in [6.07, 6.45) is 3.43. The molecule has 0 N–H and O–H groups in total. The van der Waals surface area contributed by atoms with Gasteiger partial charge < -0.3 is 4.74 Å². The minimum atomic E-state index is -0.135. The molecule has 2 aromatic carbocycles. The quantitative estimate of drug-likeness (QED) is 0.271. The Labute approximate surface area is 207 Å². The lowest BCUT2D eigenvalue weighted by Crippen LogP contribution is -2.23. The minimum absolute atomic E-state index is 0.135. The van der Waals surface area contributed by atoms with Crippen molar-refractivity contribution in [2.24, 2.45) is 0 Å². The van der Waals surface area contributed by atoms with E-state index in [2.05, 4.69) is 34.6 Å². The number of amides is 1. The van der Waals surface area contributed by atoms with Crippen molar-refractivity contribution in [3.05, 3.63) is 65.2 Å². The Hall–Kier alpha value is -3.24. The van der Waals surface area contributed by atoms with Gasteiger partial charge in [-0.25, -0.2) is 4.98 Å². The van der Waals surface area contributed by atoms with Crippen LogP contribution < -0.4 is 9.64 Å². The number of carbonyl (C=O) groups excluding carboxylic acids is 1. The van der Waals surface area contributed by atoms with E-state index in [1.54, 1.807) is 16.7 Å². The number of benzene rings is 2. The van der Waals surface area contributed by atoms with Crippen molar-refractivity contribution in [3.63, 3.8) is 0 Å². The number of thioether (sulfide) groups is 1. The van der Waals surface area contributed by atoms with E-state index in [9.17, 15) is 4.79 Å². The van der Waals surface area contributed by atoms with Gasteiger partial charge in [-0.05, 0) is 53.1 Å². The summed E-state index contributed by atoms with van der Waals surface area (Å²) >= 11 is 2.91. The van der Waals surface area contributed by atoms with Crippen molar-refractivity contribution < 1.29 is 9.53 Å². The Morgan fingerprint density at radius 3 is 2.71 bits per heavy atom. The predicted molar refractivity (Wildman–Crippen MR) is 135 cm³/mol. The molecule has 0 saturated carbocycles. The maximum atomic E-state index is 12.5. The van der Waals surface area contributed by atoms with Gasteiger partial charge in [-0.2, -0.15) is 4.68 Å². The molecular formula is C24H26N6O2S2. The third-order valence-corrected chi connectivity index (χ3v) is 6.99. The Balaban J connectivity index is 1.48. The van der Waals surface area contributed by atoms with Gasteiger partial charge in [-0.15, -0.1) is 16.4 Å². The molecule has 34 heavy (non-hydrogen) atoms. The molecule has 2 heterocycles. The summed E-state index contributed by atoms with van der Waals surface area (Å²) in [5, 5.41) is 15.4. The van der Waals surface area contributed by atoms with Crippen molar-refractivity contribution in [2.75, 3.05) is 12.0 Å². The number of tetrazole rings is 1. The summed E-state index contributed by atoms with van der Waals surface area (Å²) in [5.41, 5.74) is 3.74. The highest BCUT2D eigenvalue weighted by molar-refractivity contribution is 7.98. The van der Waals surface area contributed by atoms with Crippen LogP contribution in [0.15, 0.2) is 59.1 Å². The van der Waals surface area contributed by atoms with Crippen molar-refractivity contribution in [3.8, 4) is 11.4 Å². The van der Waals surface area contributed by atoms with Gasteiger partial charge in [-0.1, -0.05) is 49.4 Å². The first-order chi connectivity index (χ1) is 16.6. The first-order valence-electron chi connectivity index (χ1n) is 11.0. The number of carbonyl (C=O) groups is 1. The number of thiazole rings is 1. The molecule has 0 radical (unpaired) electrons. The highest BCUT2D eigenvalue weighted by Crippen LogP contribution is 2.36. The lowest BCUT2D eigenvalue weighted by atomic mass is 10.1. The van der Waals surface area contributed by atoms with E-state index in [1.807, 2.05) is 41.8 Å². The van der Waals surface area contributed by atoms with Gasteiger partial charge >= 0.3 is 0 Å². The van der Waals surface area contributed by atoms with E-state index in [-0.39, 0.29) is 5.91 Å². The van der Waals surface area contributed by atoms with E-state index in [0.717, 1.165) is 17.8 Å². The molecule has 0 spiro atoms. The van der Waals surface area contributed by atoms with Crippen molar-refractivity contribution in [1.82, 2.24) is 25.2 Å². The van der Waals surface area contributed by atoms with E-state index < -0.39 is 0 Å². The van der Waals surface area contributed by atoms with E-state index in [4.69, 9.17) is 9.72 Å².